The number of pyridine rings is 1. The predicted octanol–water partition coefficient (Wildman–Crippen LogP) is 2.91. The first-order chi connectivity index (χ1) is 7.47. The van der Waals surface area contributed by atoms with Crippen molar-refractivity contribution in [2.75, 3.05) is 0 Å². The van der Waals surface area contributed by atoms with E-state index in [0.29, 0.717) is 0 Å². The van der Waals surface area contributed by atoms with E-state index < -0.39 is 0 Å². The highest BCUT2D eigenvalue weighted by atomic mass is 16.3. The van der Waals surface area contributed by atoms with E-state index in [1.165, 1.54) is 6.39 Å². The Bertz CT molecular complexity index is 448. The Hall–Kier alpha value is -2.16. The van der Waals surface area contributed by atoms with Crippen LogP contribution in [0.3, 0.4) is 0 Å². The van der Waals surface area contributed by atoms with Gasteiger partial charge in [-0.2, -0.15) is 0 Å². The first-order valence-corrected chi connectivity index (χ1v) is 4.60. The molecule has 15 heavy (non-hydrogen) atoms. The van der Waals surface area contributed by atoms with Crippen LogP contribution in [0.25, 0.3) is 11.1 Å². The highest BCUT2D eigenvalue weighted by Gasteiger charge is 1.91. The zero-order chi connectivity index (χ0) is 10.3. The SMILES string of the molecule is c1ccc2ocnc2c1.c1ccncc1. The van der Waals surface area contributed by atoms with Gasteiger partial charge in [0.05, 0.1) is 0 Å². The summed E-state index contributed by atoms with van der Waals surface area (Å²) in [5.41, 5.74) is 1.76. The molecule has 0 aliphatic carbocycles. The molecule has 0 radical (unpaired) electrons. The molecule has 1 aromatic carbocycles. The third kappa shape index (κ3) is 2.64. The fourth-order valence-corrected chi connectivity index (χ4v) is 1.12. The van der Waals surface area contributed by atoms with E-state index in [-0.39, 0.29) is 0 Å². The molecule has 0 saturated carbocycles. The minimum atomic E-state index is 0.845. The van der Waals surface area contributed by atoms with Crippen molar-refractivity contribution in [2.24, 2.45) is 0 Å². The molecule has 3 nitrogen and oxygen atoms in total. The molecular weight excluding hydrogens is 188 g/mol. The molecule has 74 valence electrons. The highest BCUT2D eigenvalue weighted by molar-refractivity contribution is 5.71. The summed E-state index contributed by atoms with van der Waals surface area (Å²) < 4.78 is 5.01. The Morgan fingerprint density at radius 2 is 1.67 bits per heavy atom. The largest absolute Gasteiger partial charge is 0.443 e. The summed E-state index contributed by atoms with van der Waals surface area (Å²) in [5, 5.41) is 0. The normalized spacial score (nSPS) is 9.33. The number of para-hydroxylation sites is 2. The number of rotatable bonds is 0. The van der Waals surface area contributed by atoms with Gasteiger partial charge in [0.1, 0.15) is 5.52 Å². The van der Waals surface area contributed by atoms with Crippen LogP contribution >= 0.6 is 0 Å². The lowest BCUT2D eigenvalue weighted by atomic mass is 10.3. The molecule has 0 atom stereocenters. The molecule has 0 unspecified atom stereocenters. The maximum absolute atomic E-state index is 5.01. The van der Waals surface area contributed by atoms with Crippen LogP contribution in [0, 0.1) is 0 Å². The molecule has 2 heterocycles. The van der Waals surface area contributed by atoms with Gasteiger partial charge in [0.15, 0.2) is 12.0 Å². The number of benzene rings is 1. The van der Waals surface area contributed by atoms with E-state index in [0.717, 1.165) is 11.1 Å². The lowest BCUT2D eigenvalue weighted by Crippen LogP contribution is -1.61. The number of hydrogen-bond donors (Lipinski definition) is 0. The average Bonchev–Trinajstić information content (AvgIpc) is 2.80. The average molecular weight is 198 g/mol. The van der Waals surface area contributed by atoms with Crippen LogP contribution in [0.2, 0.25) is 0 Å². The third-order valence-electron chi connectivity index (χ3n) is 1.80. The Labute approximate surface area is 87.4 Å². The lowest BCUT2D eigenvalue weighted by Gasteiger charge is -1.79. The fourth-order valence-electron chi connectivity index (χ4n) is 1.12. The van der Waals surface area contributed by atoms with Crippen LogP contribution in [0.15, 0.2) is 65.7 Å². The van der Waals surface area contributed by atoms with Gasteiger partial charge in [-0.1, -0.05) is 18.2 Å². The van der Waals surface area contributed by atoms with Gasteiger partial charge in [-0.25, -0.2) is 4.98 Å². The minimum absolute atomic E-state index is 0.845. The van der Waals surface area contributed by atoms with Crippen LogP contribution in [-0.2, 0) is 0 Å². The van der Waals surface area contributed by atoms with Gasteiger partial charge in [0.2, 0.25) is 0 Å². The number of aromatic nitrogens is 2. The lowest BCUT2D eigenvalue weighted by molar-refractivity contribution is 0.602. The Kier molecular flexibility index (Phi) is 3.07. The van der Waals surface area contributed by atoms with Gasteiger partial charge >= 0.3 is 0 Å². The van der Waals surface area contributed by atoms with Crippen molar-refractivity contribution in [1.29, 1.82) is 0 Å². The number of hydrogen-bond acceptors (Lipinski definition) is 3. The maximum Gasteiger partial charge on any atom is 0.181 e. The van der Waals surface area contributed by atoms with Crippen molar-refractivity contribution in [3.8, 4) is 0 Å². The molecule has 3 aromatic rings. The molecule has 0 saturated heterocycles. The van der Waals surface area contributed by atoms with Crippen molar-refractivity contribution in [3.63, 3.8) is 0 Å². The zero-order valence-corrected chi connectivity index (χ0v) is 8.08. The monoisotopic (exact) mass is 198 g/mol. The summed E-state index contributed by atoms with van der Waals surface area (Å²) in [6.45, 7) is 0. The Morgan fingerprint density at radius 1 is 0.867 bits per heavy atom. The maximum atomic E-state index is 5.01. The van der Waals surface area contributed by atoms with E-state index in [4.69, 9.17) is 4.42 Å². The minimum Gasteiger partial charge on any atom is -0.443 e. The smallest absolute Gasteiger partial charge is 0.181 e. The van der Waals surface area contributed by atoms with Gasteiger partial charge in [-0.3, -0.25) is 4.98 Å². The summed E-state index contributed by atoms with van der Waals surface area (Å²) >= 11 is 0. The quantitative estimate of drug-likeness (QED) is 0.557. The number of oxazole rings is 1. The van der Waals surface area contributed by atoms with Gasteiger partial charge in [0.25, 0.3) is 0 Å². The molecule has 3 rings (SSSR count). The molecular formula is C12H10N2O. The summed E-state index contributed by atoms with van der Waals surface area (Å²) in [7, 11) is 0. The van der Waals surface area contributed by atoms with E-state index >= 15 is 0 Å². The summed E-state index contributed by atoms with van der Waals surface area (Å²) in [5.74, 6) is 0. The zero-order valence-electron chi connectivity index (χ0n) is 8.08. The second-order valence-corrected chi connectivity index (χ2v) is 2.84. The second kappa shape index (κ2) is 4.91. The third-order valence-corrected chi connectivity index (χ3v) is 1.80. The molecule has 0 fully saturated rings. The van der Waals surface area contributed by atoms with E-state index in [2.05, 4.69) is 9.97 Å². The molecule has 0 aliphatic rings. The summed E-state index contributed by atoms with van der Waals surface area (Å²) in [4.78, 5) is 7.74. The van der Waals surface area contributed by atoms with Crippen LogP contribution in [0.4, 0.5) is 0 Å². The van der Waals surface area contributed by atoms with Crippen molar-refractivity contribution in [2.45, 2.75) is 0 Å². The Balaban J connectivity index is 0.000000124. The molecule has 0 amide bonds. The van der Waals surface area contributed by atoms with Gasteiger partial charge in [0, 0.05) is 12.4 Å². The van der Waals surface area contributed by atoms with Gasteiger partial charge in [-0.05, 0) is 24.3 Å². The topological polar surface area (TPSA) is 38.9 Å². The van der Waals surface area contributed by atoms with Crippen molar-refractivity contribution in [1.82, 2.24) is 9.97 Å². The standard InChI is InChI=1S/C7H5NO.C5H5N/c1-2-4-7-6(3-1)8-5-9-7;1-2-4-6-5-3-1/h1-5H;1-5H. The highest BCUT2D eigenvalue weighted by Crippen LogP contribution is 2.09. The molecule has 2 aromatic heterocycles. The summed E-state index contributed by atoms with van der Waals surface area (Å²) in [6.07, 6.45) is 4.95. The van der Waals surface area contributed by atoms with Crippen LogP contribution in [0.5, 0.6) is 0 Å². The molecule has 0 N–H and O–H groups in total. The fraction of sp³-hybridized carbons (Fsp3) is 0. The number of nitrogens with zero attached hydrogens (tertiary/aromatic N) is 2. The first kappa shape index (κ1) is 9.40. The van der Waals surface area contributed by atoms with Crippen molar-refractivity contribution in [3.05, 3.63) is 61.3 Å². The van der Waals surface area contributed by atoms with Crippen LogP contribution in [-0.4, -0.2) is 9.97 Å². The molecule has 0 aliphatic heterocycles. The Morgan fingerprint density at radius 3 is 2.27 bits per heavy atom. The summed E-state index contributed by atoms with van der Waals surface area (Å²) in [6, 6.07) is 13.4. The number of fused-ring (bicyclic) bond motifs is 1. The van der Waals surface area contributed by atoms with Crippen LogP contribution < -0.4 is 0 Å². The van der Waals surface area contributed by atoms with Gasteiger partial charge < -0.3 is 4.42 Å². The van der Waals surface area contributed by atoms with E-state index in [1.54, 1.807) is 12.4 Å². The van der Waals surface area contributed by atoms with E-state index in [9.17, 15) is 0 Å². The van der Waals surface area contributed by atoms with Crippen molar-refractivity contribution < 1.29 is 4.42 Å². The molecule has 0 bridgehead atoms. The van der Waals surface area contributed by atoms with Crippen LogP contribution in [0.1, 0.15) is 0 Å². The molecule has 0 spiro atoms. The molecule has 3 heteroatoms. The first-order valence-electron chi connectivity index (χ1n) is 4.60. The van der Waals surface area contributed by atoms with E-state index in [1.807, 2.05) is 42.5 Å². The van der Waals surface area contributed by atoms with Gasteiger partial charge in [-0.15, -0.1) is 0 Å². The van der Waals surface area contributed by atoms with Crippen molar-refractivity contribution >= 4 is 11.1 Å². The second-order valence-electron chi connectivity index (χ2n) is 2.84. The predicted molar refractivity (Wildman–Crippen MR) is 58.2 cm³/mol.